The number of pyridine rings is 1. The molecule has 2 aliphatic rings. The van der Waals surface area contributed by atoms with E-state index in [2.05, 4.69) is 66.0 Å². The Labute approximate surface area is 188 Å². The van der Waals surface area contributed by atoms with Crippen molar-refractivity contribution in [1.29, 1.82) is 0 Å². The normalized spacial score (nSPS) is 25.2. The van der Waals surface area contributed by atoms with Crippen molar-refractivity contribution in [3.63, 3.8) is 0 Å². The van der Waals surface area contributed by atoms with Gasteiger partial charge in [0, 0.05) is 36.1 Å². The summed E-state index contributed by atoms with van der Waals surface area (Å²) in [5.41, 5.74) is 4.12. The van der Waals surface area contributed by atoms with Crippen LogP contribution < -0.4 is 4.57 Å². The van der Waals surface area contributed by atoms with Gasteiger partial charge in [-0.15, -0.1) is 10.2 Å². The lowest BCUT2D eigenvalue weighted by Crippen LogP contribution is -2.52. The first kappa shape index (κ1) is 20.1. The minimum absolute atomic E-state index is 0.0261. The summed E-state index contributed by atoms with van der Waals surface area (Å²) in [6.07, 6.45) is -2.25. The minimum Gasteiger partial charge on any atom is -0.416 e. The average molecular weight is 448 g/mol. The van der Waals surface area contributed by atoms with Crippen LogP contribution in [0.4, 0.5) is 13.2 Å². The highest BCUT2D eigenvalue weighted by molar-refractivity contribution is 5.74. The second-order valence-electron chi connectivity index (χ2n) is 9.28. The van der Waals surface area contributed by atoms with E-state index in [4.69, 9.17) is 4.42 Å². The summed E-state index contributed by atoms with van der Waals surface area (Å²) in [6, 6.07) is 17.1. The zero-order valence-corrected chi connectivity index (χ0v) is 18.3. The van der Waals surface area contributed by atoms with Gasteiger partial charge in [-0.25, -0.2) is 0 Å². The van der Waals surface area contributed by atoms with E-state index in [1.54, 1.807) is 0 Å². The number of benzene rings is 2. The maximum atomic E-state index is 12.8. The summed E-state index contributed by atoms with van der Waals surface area (Å²) in [5.74, 6) is 0.997. The number of halogens is 3. The summed E-state index contributed by atoms with van der Waals surface area (Å²) in [5, 5.41) is 8.24. The molecule has 0 bridgehead atoms. The molecule has 3 unspecified atom stereocenters. The van der Waals surface area contributed by atoms with Crippen LogP contribution >= 0.6 is 0 Å². The van der Waals surface area contributed by atoms with Gasteiger partial charge in [0.25, 0.3) is 0 Å². The molecule has 1 aliphatic heterocycles. The molecule has 33 heavy (non-hydrogen) atoms. The van der Waals surface area contributed by atoms with Crippen LogP contribution in [0, 0.1) is 5.92 Å². The molecule has 0 radical (unpaired) electrons. The summed E-state index contributed by atoms with van der Waals surface area (Å²) in [7, 11) is 0. The van der Waals surface area contributed by atoms with Crippen LogP contribution in [-0.2, 0) is 17.1 Å². The lowest BCUT2D eigenvalue weighted by Gasteiger charge is -2.25. The minimum atomic E-state index is -4.39. The average Bonchev–Trinajstić information content (AvgIpc) is 3.14. The Bertz CT molecular complexity index is 1410. The fourth-order valence-corrected chi connectivity index (χ4v) is 5.67. The molecule has 6 rings (SSSR count). The van der Waals surface area contributed by atoms with Crippen LogP contribution in [0.3, 0.4) is 0 Å². The molecular weight excluding hydrogens is 427 g/mol. The van der Waals surface area contributed by atoms with Crippen LogP contribution in [0.25, 0.3) is 34.2 Å². The molecule has 2 aromatic heterocycles. The summed E-state index contributed by atoms with van der Waals surface area (Å²) in [6.45, 7) is 6.92. The van der Waals surface area contributed by atoms with Gasteiger partial charge in [-0.2, -0.15) is 17.7 Å². The number of rotatable bonds is 2. The van der Waals surface area contributed by atoms with E-state index in [-0.39, 0.29) is 16.8 Å². The predicted molar refractivity (Wildman–Crippen MR) is 116 cm³/mol. The molecule has 1 fully saturated rings. The standard InChI is InChI=1S/C26H21F3N3O/c1-15-24(2)20-12-9-17(14-19(20)21-6-4-5-13-32(21)25(15,24)3)23-31-30-22(33-23)16-7-10-18(11-8-16)26(27,28)29/h4-15H,1-3H3/q+1. The third-order valence-electron chi connectivity index (χ3n) is 8.02. The van der Waals surface area contributed by atoms with Crippen molar-refractivity contribution in [1.82, 2.24) is 10.2 Å². The number of aromatic nitrogens is 3. The van der Waals surface area contributed by atoms with E-state index in [1.807, 2.05) is 12.1 Å². The van der Waals surface area contributed by atoms with Crippen molar-refractivity contribution in [2.24, 2.45) is 5.92 Å². The van der Waals surface area contributed by atoms with Gasteiger partial charge in [0.1, 0.15) is 0 Å². The Hall–Kier alpha value is -3.48. The van der Waals surface area contributed by atoms with Crippen LogP contribution in [0.2, 0.25) is 0 Å². The van der Waals surface area contributed by atoms with Gasteiger partial charge in [0.05, 0.1) is 16.5 Å². The molecule has 0 saturated heterocycles. The number of hydrogen-bond acceptors (Lipinski definition) is 3. The van der Waals surface area contributed by atoms with Gasteiger partial charge in [-0.3, -0.25) is 0 Å². The Balaban J connectivity index is 1.41. The molecule has 0 amide bonds. The predicted octanol–water partition coefficient (Wildman–Crippen LogP) is 6.01. The van der Waals surface area contributed by atoms with E-state index in [0.29, 0.717) is 17.4 Å². The fraction of sp³-hybridized carbons (Fsp3) is 0.269. The fourth-order valence-electron chi connectivity index (χ4n) is 5.67. The highest BCUT2D eigenvalue weighted by Gasteiger charge is 2.79. The number of alkyl halides is 3. The van der Waals surface area contributed by atoms with E-state index in [0.717, 1.165) is 29.0 Å². The lowest BCUT2D eigenvalue weighted by atomic mass is 9.83. The Morgan fingerprint density at radius 1 is 0.909 bits per heavy atom. The number of fused-ring (bicyclic) bond motifs is 6. The molecule has 7 heteroatoms. The quantitative estimate of drug-likeness (QED) is 0.353. The number of hydrogen-bond donors (Lipinski definition) is 0. The molecule has 2 aromatic carbocycles. The van der Waals surface area contributed by atoms with Crippen LogP contribution in [0.15, 0.2) is 71.3 Å². The van der Waals surface area contributed by atoms with Crippen molar-refractivity contribution in [2.75, 3.05) is 0 Å². The molecule has 4 nitrogen and oxygen atoms in total. The SMILES string of the molecule is CC1C2(C)c3ccc(-c4nnc(-c5ccc(C(F)(F)F)cc5)o4)cc3-c3cccc[n+]3C12C. The zero-order valence-electron chi connectivity index (χ0n) is 18.3. The third-order valence-corrected chi connectivity index (χ3v) is 8.02. The smallest absolute Gasteiger partial charge is 0.416 e. The molecular formula is C26H21F3N3O+. The molecule has 0 N–H and O–H groups in total. The zero-order chi connectivity index (χ0) is 23.2. The van der Waals surface area contributed by atoms with Gasteiger partial charge in [-0.1, -0.05) is 13.0 Å². The Kier molecular flexibility index (Phi) is 3.85. The van der Waals surface area contributed by atoms with Crippen LogP contribution in [0.1, 0.15) is 31.9 Å². The van der Waals surface area contributed by atoms with Crippen LogP contribution in [-0.4, -0.2) is 10.2 Å². The highest BCUT2D eigenvalue weighted by atomic mass is 19.4. The molecule has 166 valence electrons. The topological polar surface area (TPSA) is 42.8 Å². The van der Waals surface area contributed by atoms with Gasteiger partial charge < -0.3 is 4.42 Å². The summed E-state index contributed by atoms with van der Waals surface area (Å²) >= 11 is 0. The first-order valence-corrected chi connectivity index (χ1v) is 10.8. The molecule has 4 aromatic rings. The molecule has 3 atom stereocenters. The van der Waals surface area contributed by atoms with E-state index in [1.165, 1.54) is 17.7 Å². The second-order valence-corrected chi connectivity index (χ2v) is 9.28. The van der Waals surface area contributed by atoms with E-state index in [9.17, 15) is 13.2 Å². The Morgan fingerprint density at radius 3 is 2.27 bits per heavy atom. The first-order chi connectivity index (χ1) is 15.7. The maximum absolute atomic E-state index is 12.8. The van der Waals surface area contributed by atoms with Gasteiger partial charge in [0.2, 0.25) is 17.5 Å². The highest BCUT2D eigenvalue weighted by Crippen LogP contribution is 2.68. The summed E-state index contributed by atoms with van der Waals surface area (Å²) in [4.78, 5) is 0. The molecule has 1 saturated carbocycles. The van der Waals surface area contributed by atoms with E-state index >= 15 is 0 Å². The first-order valence-electron chi connectivity index (χ1n) is 10.8. The molecule has 3 heterocycles. The number of nitrogens with zero attached hydrogens (tertiary/aromatic N) is 3. The van der Waals surface area contributed by atoms with Crippen molar-refractivity contribution in [2.45, 2.75) is 37.9 Å². The van der Waals surface area contributed by atoms with E-state index < -0.39 is 11.7 Å². The lowest BCUT2D eigenvalue weighted by molar-refractivity contribution is -0.734. The van der Waals surface area contributed by atoms with Crippen molar-refractivity contribution in [3.8, 4) is 34.2 Å². The second kappa shape index (κ2) is 6.31. The maximum Gasteiger partial charge on any atom is 0.416 e. The van der Waals surface area contributed by atoms with Crippen molar-refractivity contribution in [3.05, 3.63) is 78.0 Å². The van der Waals surface area contributed by atoms with Crippen molar-refractivity contribution < 1.29 is 22.2 Å². The van der Waals surface area contributed by atoms with Gasteiger partial charge in [-0.05, 0) is 55.0 Å². The largest absolute Gasteiger partial charge is 0.416 e. The van der Waals surface area contributed by atoms with Crippen LogP contribution in [0.5, 0.6) is 0 Å². The summed E-state index contributed by atoms with van der Waals surface area (Å²) < 4.78 is 46.7. The van der Waals surface area contributed by atoms with Gasteiger partial charge in [0.15, 0.2) is 11.7 Å². The molecule has 1 aliphatic carbocycles. The third kappa shape index (κ3) is 2.56. The van der Waals surface area contributed by atoms with Gasteiger partial charge >= 0.3 is 6.18 Å². The van der Waals surface area contributed by atoms with Crippen molar-refractivity contribution >= 4 is 0 Å². The molecule has 0 spiro atoms. The monoisotopic (exact) mass is 448 g/mol. The Morgan fingerprint density at radius 2 is 1.58 bits per heavy atom.